The summed E-state index contributed by atoms with van der Waals surface area (Å²) in [6.07, 6.45) is 0. The van der Waals surface area contributed by atoms with E-state index >= 15 is 0 Å². The van der Waals surface area contributed by atoms with Gasteiger partial charge < -0.3 is 9.64 Å². The molecular formula is C7H12N2OS. The summed E-state index contributed by atoms with van der Waals surface area (Å²) in [4.78, 5) is 1.88. The van der Waals surface area contributed by atoms with Crippen LogP contribution in [0, 0.1) is 11.3 Å². The van der Waals surface area contributed by atoms with Gasteiger partial charge in [0.15, 0.2) is 6.61 Å². The van der Waals surface area contributed by atoms with Gasteiger partial charge in [-0.2, -0.15) is 5.26 Å². The molecule has 3 nitrogen and oxygen atoms in total. The molecule has 0 saturated carbocycles. The second-order valence-corrected chi connectivity index (χ2v) is 2.23. The second-order valence-electron chi connectivity index (χ2n) is 1.88. The lowest BCUT2D eigenvalue weighted by Gasteiger charge is -2.19. The van der Waals surface area contributed by atoms with Crippen molar-refractivity contribution in [2.24, 2.45) is 0 Å². The van der Waals surface area contributed by atoms with Crippen LogP contribution in [0.25, 0.3) is 0 Å². The van der Waals surface area contributed by atoms with Gasteiger partial charge in [0, 0.05) is 13.1 Å². The van der Waals surface area contributed by atoms with Crippen molar-refractivity contribution in [1.82, 2.24) is 4.90 Å². The third kappa shape index (κ3) is 3.79. The Bertz CT molecular complexity index is 160. The highest BCUT2D eigenvalue weighted by atomic mass is 32.1. The van der Waals surface area contributed by atoms with Gasteiger partial charge in [0.05, 0.1) is 0 Å². The summed E-state index contributed by atoms with van der Waals surface area (Å²) in [5, 5.41) is 8.60. The molecule has 0 heterocycles. The van der Waals surface area contributed by atoms with Gasteiger partial charge in [-0.25, -0.2) is 0 Å². The van der Waals surface area contributed by atoms with E-state index in [1.807, 2.05) is 24.8 Å². The predicted molar refractivity (Wildman–Crippen MR) is 47.1 cm³/mol. The lowest BCUT2D eigenvalue weighted by atomic mass is 10.6. The Morgan fingerprint density at radius 1 is 1.55 bits per heavy atom. The third-order valence-corrected chi connectivity index (χ3v) is 1.66. The first-order valence-corrected chi connectivity index (χ1v) is 3.95. The average Bonchev–Trinajstić information content (AvgIpc) is 2.03. The molecule has 0 atom stereocenters. The summed E-state index contributed by atoms with van der Waals surface area (Å²) in [7, 11) is 0. The van der Waals surface area contributed by atoms with E-state index in [1.165, 1.54) is 0 Å². The maximum Gasteiger partial charge on any atom is 0.260 e. The molecule has 0 aromatic rings. The Morgan fingerprint density at radius 2 is 2.09 bits per heavy atom. The van der Waals surface area contributed by atoms with Crippen LogP contribution in [0.15, 0.2) is 0 Å². The zero-order valence-corrected chi connectivity index (χ0v) is 7.65. The molecule has 0 aliphatic rings. The molecule has 0 aliphatic heterocycles. The largest absolute Gasteiger partial charge is 0.456 e. The Labute approximate surface area is 72.6 Å². The van der Waals surface area contributed by atoms with Crippen LogP contribution in [-0.4, -0.2) is 29.8 Å². The lowest BCUT2D eigenvalue weighted by molar-refractivity contribution is 0.282. The minimum absolute atomic E-state index is 0.0370. The van der Waals surface area contributed by atoms with E-state index in [2.05, 4.69) is 0 Å². The molecule has 0 aromatic heterocycles. The van der Waals surface area contributed by atoms with Gasteiger partial charge in [-0.15, -0.1) is 0 Å². The summed E-state index contributed by atoms with van der Waals surface area (Å²) in [5.41, 5.74) is 0. The van der Waals surface area contributed by atoms with Crippen LogP contribution >= 0.6 is 12.2 Å². The summed E-state index contributed by atoms with van der Waals surface area (Å²) >= 11 is 4.89. The van der Waals surface area contributed by atoms with Crippen LogP contribution in [0.5, 0.6) is 0 Å². The van der Waals surface area contributed by atoms with Crippen molar-refractivity contribution in [3.8, 4) is 6.07 Å². The smallest absolute Gasteiger partial charge is 0.260 e. The van der Waals surface area contributed by atoms with Crippen molar-refractivity contribution in [1.29, 1.82) is 5.26 Å². The molecule has 0 fully saturated rings. The summed E-state index contributed by atoms with van der Waals surface area (Å²) in [6.45, 7) is 5.66. The molecule has 0 saturated heterocycles. The maximum absolute atomic E-state index is 8.19. The van der Waals surface area contributed by atoms with E-state index in [0.29, 0.717) is 5.17 Å². The normalized spacial score (nSPS) is 8.45. The maximum atomic E-state index is 8.19. The lowest BCUT2D eigenvalue weighted by Crippen LogP contribution is -2.30. The number of nitriles is 1. The van der Waals surface area contributed by atoms with Crippen molar-refractivity contribution in [2.75, 3.05) is 19.7 Å². The van der Waals surface area contributed by atoms with E-state index in [4.69, 9.17) is 22.2 Å². The van der Waals surface area contributed by atoms with Crippen LogP contribution in [-0.2, 0) is 4.74 Å². The molecule has 0 radical (unpaired) electrons. The third-order valence-electron chi connectivity index (χ3n) is 1.28. The highest BCUT2D eigenvalue weighted by Crippen LogP contribution is 1.92. The van der Waals surface area contributed by atoms with Crippen molar-refractivity contribution in [2.45, 2.75) is 13.8 Å². The molecule has 0 aliphatic carbocycles. The highest BCUT2D eigenvalue weighted by Gasteiger charge is 2.04. The Balaban J connectivity index is 3.72. The van der Waals surface area contributed by atoms with Crippen molar-refractivity contribution >= 4 is 17.4 Å². The monoisotopic (exact) mass is 172 g/mol. The van der Waals surface area contributed by atoms with Crippen molar-refractivity contribution in [3.05, 3.63) is 0 Å². The Hall–Kier alpha value is -0.820. The Kier molecular flexibility index (Phi) is 5.49. The van der Waals surface area contributed by atoms with Crippen LogP contribution in [0.2, 0.25) is 0 Å². The molecule has 0 bridgehead atoms. The molecule has 62 valence electrons. The SMILES string of the molecule is CCN(CC)C(=S)OCC#N. The van der Waals surface area contributed by atoms with E-state index < -0.39 is 0 Å². The molecule has 0 rings (SSSR count). The van der Waals surface area contributed by atoms with Gasteiger partial charge in [0.1, 0.15) is 6.07 Å². The minimum atomic E-state index is 0.0370. The molecule has 0 amide bonds. The van der Waals surface area contributed by atoms with Gasteiger partial charge >= 0.3 is 0 Å². The van der Waals surface area contributed by atoms with Gasteiger partial charge in [0.2, 0.25) is 0 Å². The fraction of sp³-hybridized carbons (Fsp3) is 0.714. The van der Waals surface area contributed by atoms with Crippen LogP contribution < -0.4 is 0 Å². The molecule has 0 unspecified atom stereocenters. The fourth-order valence-corrected chi connectivity index (χ4v) is 0.984. The van der Waals surface area contributed by atoms with Crippen LogP contribution in [0.1, 0.15) is 13.8 Å². The summed E-state index contributed by atoms with van der Waals surface area (Å²) in [6, 6.07) is 1.87. The van der Waals surface area contributed by atoms with Crippen molar-refractivity contribution < 1.29 is 4.74 Å². The molecule has 0 aromatic carbocycles. The van der Waals surface area contributed by atoms with Gasteiger partial charge in [-0.05, 0) is 26.1 Å². The average molecular weight is 172 g/mol. The first-order chi connectivity index (χ1) is 5.26. The van der Waals surface area contributed by atoms with E-state index in [9.17, 15) is 0 Å². The van der Waals surface area contributed by atoms with Gasteiger partial charge in [-0.1, -0.05) is 0 Å². The van der Waals surface area contributed by atoms with Crippen LogP contribution in [0.4, 0.5) is 0 Å². The summed E-state index contributed by atoms with van der Waals surface area (Å²) in [5.74, 6) is 0. The molecule has 0 N–H and O–H groups in total. The van der Waals surface area contributed by atoms with Gasteiger partial charge in [0.25, 0.3) is 5.17 Å². The topological polar surface area (TPSA) is 36.3 Å². The fourth-order valence-electron chi connectivity index (χ4n) is 0.667. The predicted octanol–water partition coefficient (Wildman–Crippen LogP) is 1.15. The Morgan fingerprint density at radius 3 is 2.45 bits per heavy atom. The van der Waals surface area contributed by atoms with Crippen LogP contribution in [0.3, 0.4) is 0 Å². The second kappa shape index (κ2) is 5.93. The number of hydrogen-bond donors (Lipinski definition) is 0. The standard InChI is InChI=1S/C7H12N2OS/c1-3-9(4-2)7(11)10-6-5-8/h3-4,6H2,1-2H3. The molecule has 11 heavy (non-hydrogen) atoms. The number of thiocarbonyl (C=S) groups is 1. The number of hydrogen-bond acceptors (Lipinski definition) is 3. The van der Waals surface area contributed by atoms with Crippen molar-refractivity contribution in [3.63, 3.8) is 0 Å². The summed E-state index contributed by atoms with van der Waals surface area (Å²) < 4.78 is 4.93. The number of ether oxygens (including phenoxy) is 1. The number of nitrogens with zero attached hydrogens (tertiary/aromatic N) is 2. The minimum Gasteiger partial charge on any atom is -0.456 e. The zero-order valence-electron chi connectivity index (χ0n) is 6.83. The number of rotatable bonds is 3. The molecule has 4 heteroatoms. The van der Waals surface area contributed by atoms with E-state index in [0.717, 1.165) is 13.1 Å². The van der Waals surface area contributed by atoms with E-state index in [1.54, 1.807) is 0 Å². The molecule has 0 spiro atoms. The first kappa shape index (κ1) is 10.2. The van der Waals surface area contributed by atoms with E-state index in [-0.39, 0.29) is 6.61 Å². The first-order valence-electron chi connectivity index (χ1n) is 3.54. The van der Waals surface area contributed by atoms with Gasteiger partial charge in [-0.3, -0.25) is 0 Å². The molecular weight excluding hydrogens is 160 g/mol. The zero-order chi connectivity index (χ0) is 8.69. The quantitative estimate of drug-likeness (QED) is 0.598. The highest BCUT2D eigenvalue weighted by molar-refractivity contribution is 7.80.